The van der Waals surface area contributed by atoms with Gasteiger partial charge in [0.15, 0.2) is 5.78 Å². The van der Waals surface area contributed by atoms with Gasteiger partial charge in [0.2, 0.25) is 0 Å². The number of Topliss-reactive ketones (excluding diaryl/α,β-unsaturated/α-hetero) is 1. The smallest absolute Gasteiger partial charge is 0.163 e. The van der Waals surface area contributed by atoms with Crippen molar-refractivity contribution in [1.82, 2.24) is 9.40 Å². The molecule has 3 nitrogen and oxygen atoms in total. The van der Waals surface area contributed by atoms with E-state index in [0.29, 0.717) is 23.3 Å². The molecular formula is C19H22Cl2N2O. The molecule has 1 aliphatic heterocycles. The van der Waals surface area contributed by atoms with Crippen molar-refractivity contribution in [2.45, 2.75) is 32.6 Å². The summed E-state index contributed by atoms with van der Waals surface area (Å²) in [6.07, 6.45) is 5.37. The van der Waals surface area contributed by atoms with Crippen molar-refractivity contribution in [3.8, 4) is 0 Å². The molecule has 0 bridgehead atoms. The number of carbonyl (C=O) groups excluding carboxylic acids is 1. The fraction of sp³-hybridized carbons (Fsp3) is 0.474. The van der Waals surface area contributed by atoms with E-state index < -0.39 is 0 Å². The molecule has 0 spiro atoms. The summed E-state index contributed by atoms with van der Waals surface area (Å²) in [5, 5.41) is 1.52. The van der Waals surface area contributed by atoms with E-state index in [1.165, 1.54) is 0 Å². The normalized spacial score (nSPS) is 22.0. The van der Waals surface area contributed by atoms with Gasteiger partial charge in [0.1, 0.15) is 0 Å². The maximum Gasteiger partial charge on any atom is 0.163 e. The van der Waals surface area contributed by atoms with E-state index in [4.69, 9.17) is 23.4 Å². The van der Waals surface area contributed by atoms with E-state index in [9.17, 15) is 4.79 Å². The molecule has 1 aromatic heterocycles. The predicted molar refractivity (Wildman–Crippen MR) is 99.6 cm³/mol. The van der Waals surface area contributed by atoms with Crippen molar-refractivity contribution >= 4 is 40.1 Å². The average Bonchev–Trinajstić information content (AvgIpc) is 2.59. The van der Waals surface area contributed by atoms with Crippen LogP contribution in [0.25, 0.3) is 10.9 Å². The molecule has 24 heavy (non-hydrogen) atoms. The van der Waals surface area contributed by atoms with E-state index in [2.05, 4.69) is 11.9 Å². The lowest BCUT2D eigenvalue weighted by atomic mass is 9.81. The fourth-order valence-electron chi connectivity index (χ4n) is 3.69. The van der Waals surface area contributed by atoms with Gasteiger partial charge in [0.25, 0.3) is 0 Å². The van der Waals surface area contributed by atoms with Crippen LogP contribution in [0.3, 0.4) is 0 Å². The molecular weight excluding hydrogens is 343 g/mol. The van der Waals surface area contributed by atoms with Crippen LogP contribution < -0.4 is 0 Å². The molecule has 3 rings (SSSR count). The van der Waals surface area contributed by atoms with E-state index >= 15 is 0 Å². The number of hydrogen-bond acceptors (Lipinski definition) is 3. The Kier molecular flexibility index (Phi) is 5.75. The van der Waals surface area contributed by atoms with Crippen LogP contribution in [0.2, 0.25) is 5.02 Å². The van der Waals surface area contributed by atoms with Crippen molar-refractivity contribution < 1.29 is 4.79 Å². The molecule has 128 valence electrons. The molecule has 0 N–H and O–H groups in total. The molecule has 0 saturated carbocycles. The fourth-order valence-corrected chi connectivity index (χ4v) is 4.14. The highest BCUT2D eigenvalue weighted by molar-refractivity contribution is 6.31. The number of piperidine rings is 1. The van der Waals surface area contributed by atoms with Crippen molar-refractivity contribution in [1.29, 1.82) is 0 Å². The van der Waals surface area contributed by atoms with Gasteiger partial charge in [-0.2, -0.15) is 0 Å². The monoisotopic (exact) mass is 364 g/mol. The summed E-state index contributed by atoms with van der Waals surface area (Å²) in [7, 11) is 0. The van der Waals surface area contributed by atoms with Crippen molar-refractivity contribution in [3.05, 3.63) is 41.0 Å². The quantitative estimate of drug-likeness (QED) is 0.529. The minimum absolute atomic E-state index is 0.188. The average molecular weight is 365 g/mol. The van der Waals surface area contributed by atoms with Crippen molar-refractivity contribution in [2.75, 3.05) is 13.1 Å². The second-order valence-corrected chi connectivity index (χ2v) is 7.48. The minimum atomic E-state index is 0.188. The highest BCUT2D eigenvalue weighted by Crippen LogP contribution is 2.31. The van der Waals surface area contributed by atoms with Crippen LogP contribution >= 0.6 is 23.4 Å². The van der Waals surface area contributed by atoms with Gasteiger partial charge >= 0.3 is 0 Å². The molecule has 1 saturated heterocycles. The van der Waals surface area contributed by atoms with Gasteiger partial charge in [-0.1, -0.05) is 31.0 Å². The standard InChI is InChI=1S/C19H22Cl2N2O/c1-2-13-12-23(21)10-8-14(13)3-6-19(24)17-7-9-22-18-11-15(20)4-5-16(17)18/h4-5,7,9,11,13-14H,2-3,6,8,10,12H2,1H3/t13-,14?/m0/s1. The Balaban J connectivity index is 1.71. The first kappa shape index (κ1) is 17.7. The van der Waals surface area contributed by atoms with Crippen LogP contribution in [0.15, 0.2) is 30.5 Å². The molecule has 2 aromatic rings. The number of rotatable bonds is 5. The zero-order valence-corrected chi connectivity index (χ0v) is 15.4. The minimum Gasteiger partial charge on any atom is -0.294 e. The Bertz CT molecular complexity index is 734. The third kappa shape index (κ3) is 3.90. The third-order valence-electron chi connectivity index (χ3n) is 5.11. The summed E-state index contributed by atoms with van der Waals surface area (Å²) < 4.78 is 1.88. The molecule has 0 radical (unpaired) electrons. The topological polar surface area (TPSA) is 33.2 Å². The second-order valence-electron chi connectivity index (χ2n) is 6.57. The van der Waals surface area contributed by atoms with E-state index in [1.807, 2.05) is 22.6 Å². The first-order valence-electron chi connectivity index (χ1n) is 8.56. The van der Waals surface area contributed by atoms with Gasteiger partial charge in [-0.15, -0.1) is 0 Å². The number of aromatic nitrogens is 1. The zero-order valence-electron chi connectivity index (χ0n) is 13.8. The molecule has 5 heteroatoms. The molecule has 1 aromatic carbocycles. The number of hydrogen-bond donors (Lipinski definition) is 0. The number of halogens is 2. The summed E-state index contributed by atoms with van der Waals surface area (Å²) in [6, 6.07) is 7.32. The molecule has 1 aliphatic rings. The molecule has 1 fully saturated rings. The maximum absolute atomic E-state index is 12.7. The van der Waals surface area contributed by atoms with Gasteiger partial charge < -0.3 is 0 Å². The largest absolute Gasteiger partial charge is 0.294 e. The zero-order chi connectivity index (χ0) is 17.1. The molecule has 0 amide bonds. The number of nitrogens with zero attached hydrogens (tertiary/aromatic N) is 2. The SMILES string of the molecule is CC[C@H]1CN(Cl)CCC1CCC(=O)c1ccnc2cc(Cl)ccc12. The van der Waals surface area contributed by atoms with Gasteiger partial charge in [0.05, 0.1) is 5.52 Å². The van der Waals surface area contributed by atoms with Crippen LogP contribution in [0.5, 0.6) is 0 Å². The van der Waals surface area contributed by atoms with Crippen LogP contribution in [0.4, 0.5) is 0 Å². The summed E-state index contributed by atoms with van der Waals surface area (Å²) in [5.41, 5.74) is 1.52. The van der Waals surface area contributed by atoms with E-state index in [0.717, 1.165) is 48.8 Å². The number of ketones is 1. The van der Waals surface area contributed by atoms with Crippen LogP contribution in [-0.2, 0) is 0 Å². The predicted octanol–water partition coefficient (Wildman–Crippen LogP) is 5.35. The maximum atomic E-state index is 12.7. The summed E-state index contributed by atoms with van der Waals surface area (Å²) in [4.78, 5) is 17.1. The van der Waals surface area contributed by atoms with Gasteiger partial charge in [-0.25, -0.2) is 4.42 Å². The van der Waals surface area contributed by atoms with Gasteiger partial charge in [-0.05, 0) is 54.7 Å². The molecule has 2 atom stereocenters. The summed E-state index contributed by atoms with van der Waals surface area (Å²) >= 11 is 12.2. The van der Waals surface area contributed by atoms with E-state index in [-0.39, 0.29) is 5.78 Å². The van der Waals surface area contributed by atoms with Crippen molar-refractivity contribution in [2.24, 2.45) is 11.8 Å². The molecule has 1 unspecified atom stereocenters. The Labute approximate surface area is 153 Å². The van der Waals surface area contributed by atoms with Crippen LogP contribution in [-0.4, -0.2) is 28.3 Å². The Morgan fingerprint density at radius 2 is 2.17 bits per heavy atom. The lowest BCUT2D eigenvalue weighted by Gasteiger charge is -2.34. The van der Waals surface area contributed by atoms with Crippen LogP contribution in [0.1, 0.15) is 43.0 Å². The lowest BCUT2D eigenvalue weighted by Crippen LogP contribution is -2.35. The highest BCUT2D eigenvalue weighted by Gasteiger charge is 2.27. The molecule has 0 aliphatic carbocycles. The number of fused-ring (bicyclic) bond motifs is 1. The lowest BCUT2D eigenvalue weighted by molar-refractivity contribution is 0.0954. The van der Waals surface area contributed by atoms with E-state index in [1.54, 1.807) is 12.3 Å². The van der Waals surface area contributed by atoms with Crippen molar-refractivity contribution in [3.63, 3.8) is 0 Å². The van der Waals surface area contributed by atoms with Gasteiger partial charge in [0, 0.05) is 41.7 Å². The first-order valence-corrected chi connectivity index (χ1v) is 9.28. The Morgan fingerprint density at radius 1 is 1.33 bits per heavy atom. The second kappa shape index (κ2) is 7.81. The Hall–Kier alpha value is -1.16. The Morgan fingerprint density at radius 3 is 2.96 bits per heavy atom. The number of carbonyl (C=O) groups is 1. The number of benzene rings is 1. The highest BCUT2D eigenvalue weighted by atomic mass is 35.5. The summed E-state index contributed by atoms with van der Waals surface area (Å²) in [6.45, 7) is 4.04. The van der Waals surface area contributed by atoms with Gasteiger partial charge in [-0.3, -0.25) is 9.78 Å². The third-order valence-corrected chi connectivity index (χ3v) is 5.66. The number of pyridine rings is 1. The first-order chi connectivity index (χ1) is 11.6. The summed E-state index contributed by atoms with van der Waals surface area (Å²) in [5.74, 6) is 1.35. The molecule has 2 heterocycles. The van der Waals surface area contributed by atoms with Crippen LogP contribution in [0, 0.1) is 11.8 Å².